The number of nitrogen functional groups attached to an aromatic ring is 1. The standard InChI is InChI=1S/C15H12ClN3O2/c1-21-15(20)10-3-2-4-12(14(10)18)19-13-7-9(8-17)5-6-11(13)16/h2-7,19H,18H2,1H3. The minimum atomic E-state index is -0.520. The number of rotatable bonds is 3. The molecule has 0 aromatic heterocycles. The number of carbonyl (C=O) groups excluding carboxylic acids is 1. The van der Waals surface area contributed by atoms with E-state index in [9.17, 15) is 4.79 Å². The normalized spacial score (nSPS) is 9.76. The maximum Gasteiger partial charge on any atom is 0.340 e. The van der Waals surface area contributed by atoms with E-state index in [1.807, 2.05) is 6.07 Å². The first kappa shape index (κ1) is 14.7. The molecule has 0 saturated carbocycles. The largest absolute Gasteiger partial charge is 0.465 e. The highest BCUT2D eigenvalue weighted by Crippen LogP contribution is 2.31. The number of esters is 1. The third-order valence-corrected chi connectivity index (χ3v) is 3.21. The van der Waals surface area contributed by atoms with E-state index in [1.54, 1.807) is 36.4 Å². The van der Waals surface area contributed by atoms with Crippen molar-refractivity contribution in [3.8, 4) is 6.07 Å². The van der Waals surface area contributed by atoms with Crippen LogP contribution in [0.5, 0.6) is 0 Å². The number of nitrogens with two attached hydrogens (primary N) is 1. The minimum Gasteiger partial charge on any atom is -0.465 e. The summed E-state index contributed by atoms with van der Waals surface area (Å²) >= 11 is 6.08. The number of halogens is 1. The van der Waals surface area contributed by atoms with Gasteiger partial charge in [0.25, 0.3) is 0 Å². The maximum atomic E-state index is 11.6. The summed E-state index contributed by atoms with van der Waals surface area (Å²) in [4.78, 5) is 11.6. The van der Waals surface area contributed by atoms with Crippen LogP contribution in [-0.4, -0.2) is 13.1 Å². The molecule has 0 aliphatic heterocycles. The number of carbonyl (C=O) groups is 1. The molecule has 0 saturated heterocycles. The van der Waals surface area contributed by atoms with Gasteiger partial charge in [-0.05, 0) is 30.3 Å². The van der Waals surface area contributed by atoms with Crippen LogP contribution >= 0.6 is 11.6 Å². The van der Waals surface area contributed by atoms with Crippen molar-refractivity contribution >= 4 is 34.6 Å². The lowest BCUT2D eigenvalue weighted by Crippen LogP contribution is -2.07. The van der Waals surface area contributed by atoms with Crippen LogP contribution in [0.25, 0.3) is 0 Å². The van der Waals surface area contributed by atoms with Gasteiger partial charge in [0.2, 0.25) is 0 Å². The highest BCUT2D eigenvalue weighted by molar-refractivity contribution is 6.33. The van der Waals surface area contributed by atoms with E-state index in [0.717, 1.165) is 0 Å². The summed E-state index contributed by atoms with van der Waals surface area (Å²) in [5.74, 6) is -0.520. The Morgan fingerprint density at radius 2 is 2.10 bits per heavy atom. The maximum absolute atomic E-state index is 11.6. The predicted molar refractivity (Wildman–Crippen MR) is 81.6 cm³/mol. The minimum absolute atomic E-state index is 0.253. The zero-order chi connectivity index (χ0) is 15.4. The Kier molecular flexibility index (Phi) is 4.31. The average molecular weight is 302 g/mol. The lowest BCUT2D eigenvalue weighted by molar-refractivity contribution is 0.0602. The Balaban J connectivity index is 2.41. The molecule has 0 radical (unpaired) electrons. The first-order chi connectivity index (χ1) is 10.1. The van der Waals surface area contributed by atoms with Crippen LogP contribution in [0.4, 0.5) is 17.1 Å². The van der Waals surface area contributed by atoms with Gasteiger partial charge >= 0.3 is 5.97 Å². The number of para-hydroxylation sites is 1. The van der Waals surface area contributed by atoms with E-state index in [1.165, 1.54) is 7.11 Å². The molecule has 2 aromatic rings. The number of benzene rings is 2. The van der Waals surface area contributed by atoms with Gasteiger partial charge < -0.3 is 15.8 Å². The summed E-state index contributed by atoms with van der Waals surface area (Å²) in [5.41, 5.74) is 7.97. The lowest BCUT2D eigenvalue weighted by atomic mass is 10.1. The second kappa shape index (κ2) is 6.16. The molecule has 2 rings (SSSR count). The smallest absolute Gasteiger partial charge is 0.340 e. The molecule has 21 heavy (non-hydrogen) atoms. The molecule has 0 aliphatic rings. The van der Waals surface area contributed by atoms with Gasteiger partial charge in [-0.1, -0.05) is 17.7 Å². The lowest BCUT2D eigenvalue weighted by Gasteiger charge is -2.13. The number of hydrogen-bond donors (Lipinski definition) is 2. The first-order valence-corrected chi connectivity index (χ1v) is 6.38. The van der Waals surface area contributed by atoms with Gasteiger partial charge in [-0.2, -0.15) is 5.26 Å². The highest BCUT2D eigenvalue weighted by atomic mass is 35.5. The van der Waals surface area contributed by atoms with Crippen LogP contribution in [0.1, 0.15) is 15.9 Å². The highest BCUT2D eigenvalue weighted by Gasteiger charge is 2.13. The second-order valence-electron chi connectivity index (χ2n) is 4.19. The summed E-state index contributed by atoms with van der Waals surface area (Å²) in [7, 11) is 1.29. The fourth-order valence-corrected chi connectivity index (χ4v) is 1.96. The van der Waals surface area contributed by atoms with Gasteiger partial charge in [-0.25, -0.2) is 4.79 Å². The summed E-state index contributed by atoms with van der Waals surface area (Å²) < 4.78 is 4.67. The fraction of sp³-hybridized carbons (Fsp3) is 0.0667. The van der Waals surface area contributed by atoms with Gasteiger partial charge in [0.05, 0.1) is 46.4 Å². The van der Waals surface area contributed by atoms with Crippen LogP contribution in [0.3, 0.4) is 0 Å². The molecule has 2 aromatic carbocycles. The topological polar surface area (TPSA) is 88.1 Å². The fourth-order valence-electron chi connectivity index (χ4n) is 1.80. The SMILES string of the molecule is COC(=O)c1cccc(Nc2cc(C#N)ccc2Cl)c1N. The van der Waals surface area contributed by atoms with Gasteiger partial charge in [-0.15, -0.1) is 0 Å². The van der Waals surface area contributed by atoms with Gasteiger partial charge in [0.15, 0.2) is 0 Å². The molecule has 3 N–H and O–H groups in total. The molecule has 106 valence electrons. The van der Waals surface area contributed by atoms with Crippen molar-refractivity contribution in [1.29, 1.82) is 5.26 Å². The van der Waals surface area contributed by atoms with Crippen molar-refractivity contribution in [2.24, 2.45) is 0 Å². The molecule has 0 atom stereocenters. The molecular formula is C15H12ClN3O2. The Bertz CT molecular complexity index is 738. The van der Waals surface area contributed by atoms with Crippen molar-refractivity contribution in [3.05, 3.63) is 52.5 Å². The Morgan fingerprint density at radius 1 is 1.33 bits per heavy atom. The van der Waals surface area contributed by atoms with Crippen molar-refractivity contribution in [2.75, 3.05) is 18.2 Å². The average Bonchev–Trinajstić information content (AvgIpc) is 2.50. The van der Waals surface area contributed by atoms with E-state index in [-0.39, 0.29) is 11.3 Å². The third-order valence-electron chi connectivity index (χ3n) is 2.88. The summed E-state index contributed by atoms with van der Waals surface area (Å²) in [6.45, 7) is 0. The van der Waals surface area contributed by atoms with Crippen molar-refractivity contribution in [3.63, 3.8) is 0 Å². The Labute approximate surface area is 126 Å². The van der Waals surface area contributed by atoms with E-state index in [2.05, 4.69) is 10.1 Å². The zero-order valence-electron chi connectivity index (χ0n) is 11.2. The molecular weight excluding hydrogens is 290 g/mol. The molecule has 0 bridgehead atoms. The van der Waals surface area contributed by atoms with Crippen LogP contribution in [0.2, 0.25) is 5.02 Å². The van der Waals surface area contributed by atoms with E-state index in [0.29, 0.717) is 22.0 Å². The first-order valence-electron chi connectivity index (χ1n) is 6.00. The molecule has 0 aliphatic carbocycles. The van der Waals surface area contributed by atoms with Crippen molar-refractivity contribution in [1.82, 2.24) is 0 Å². The number of ether oxygens (including phenoxy) is 1. The quantitative estimate of drug-likeness (QED) is 0.670. The zero-order valence-corrected chi connectivity index (χ0v) is 11.9. The number of anilines is 3. The van der Waals surface area contributed by atoms with E-state index < -0.39 is 5.97 Å². The molecule has 0 fully saturated rings. The molecule has 0 heterocycles. The van der Waals surface area contributed by atoms with E-state index >= 15 is 0 Å². The number of nitriles is 1. The predicted octanol–water partition coefficient (Wildman–Crippen LogP) is 3.32. The van der Waals surface area contributed by atoms with Gasteiger partial charge in [0, 0.05) is 0 Å². The number of hydrogen-bond acceptors (Lipinski definition) is 5. The molecule has 0 unspecified atom stereocenters. The summed E-state index contributed by atoms with van der Waals surface area (Å²) in [6, 6.07) is 11.8. The number of nitrogens with one attached hydrogen (secondary N) is 1. The van der Waals surface area contributed by atoms with Crippen LogP contribution in [0.15, 0.2) is 36.4 Å². The van der Waals surface area contributed by atoms with Crippen molar-refractivity contribution in [2.45, 2.75) is 0 Å². The number of nitrogens with zero attached hydrogens (tertiary/aromatic N) is 1. The second-order valence-corrected chi connectivity index (χ2v) is 4.60. The van der Waals surface area contributed by atoms with Gasteiger partial charge in [0.1, 0.15) is 0 Å². The Morgan fingerprint density at radius 3 is 2.76 bits per heavy atom. The third kappa shape index (κ3) is 3.07. The monoisotopic (exact) mass is 301 g/mol. The molecule has 0 spiro atoms. The van der Waals surface area contributed by atoms with Gasteiger partial charge in [-0.3, -0.25) is 0 Å². The molecule has 5 nitrogen and oxygen atoms in total. The summed E-state index contributed by atoms with van der Waals surface area (Å²) in [5, 5.41) is 12.4. The van der Waals surface area contributed by atoms with Crippen LogP contribution in [0, 0.1) is 11.3 Å². The molecule has 0 amide bonds. The molecule has 6 heteroatoms. The summed E-state index contributed by atoms with van der Waals surface area (Å²) in [6.07, 6.45) is 0. The van der Waals surface area contributed by atoms with E-state index in [4.69, 9.17) is 22.6 Å². The number of methoxy groups -OCH3 is 1. The van der Waals surface area contributed by atoms with Crippen LogP contribution in [-0.2, 0) is 4.74 Å². The Hall–Kier alpha value is -2.71. The van der Waals surface area contributed by atoms with Crippen molar-refractivity contribution < 1.29 is 9.53 Å². The van der Waals surface area contributed by atoms with Crippen LogP contribution < -0.4 is 11.1 Å².